The Balaban J connectivity index is 1.69. The summed E-state index contributed by atoms with van der Waals surface area (Å²) in [5, 5.41) is 12.0. The van der Waals surface area contributed by atoms with E-state index in [-0.39, 0.29) is 13.0 Å². The molecule has 0 spiro atoms. The molecule has 0 aromatic heterocycles. The summed E-state index contributed by atoms with van der Waals surface area (Å²) in [6.45, 7) is 0.447. The molecule has 7 heteroatoms. The number of carbonyl (C=O) groups excluding carboxylic acids is 2. The number of amides is 2. The Morgan fingerprint density at radius 3 is 2.28 bits per heavy atom. The number of aliphatic carboxylic acids is 1. The van der Waals surface area contributed by atoms with E-state index in [1.54, 1.807) is 0 Å². The maximum absolute atomic E-state index is 13.1. The molecule has 2 amide bonds. The fourth-order valence-corrected chi connectivity index (χ4v) is 3.44. The van der Waals surface area contributed by atoms with Crippen molar-refractivity contribution in [1.82, 2.24) is 10.2 Å². The quantitative estimate of drug-likeness (QED) is 0.750. The third-order valence-electron chi connectivity index (χ3n) is 4.91. The molecule has 0 bridgehead atoms. The summed E-state index contributed by atoms with van der Waals surface area (Å²) in [7, 11) is 0. The number of ether oxygens (including phenoxy) is 1. The van der Waals surface area contributed by atoms with Crippen molar-refractivity contribution in [2.75, 3.05) is 6.54 Å². The van der Waals surface area contributed by atoms with Crippen molar-refractivity contribution in [3.63, 3.8) is 0 Å². The summed E-state index contributed by atoms with van der Waals surface area (Å²) in [5.74, 6) is -1.43. The summed E-state index contributed by atoms with van der Waals surface area (Å²) in [5.41, 5.74) is 1.69. The van der Waals surface area contributed by atoms with E-state index in [0.717, 1.165) is 11.1 Å². The lowest BCUT2D eigenvalue weighted by Crippen LogP contribution is -2.52. The van der Waals surface area contributed by atoms with Gasteiger partial charge < -0.3 is 20.1 Å². The molecule has 2 unspecified atom stereocenters. The molecule has 2 aromatic carbocycles. The van der Waals surface area contributed by atoms with E-state index >= 15 is 0 Å². The number of carbonyl (C=O) groups is 3. The van der Waals surface area contributed by atoms with Crippen LogP contribution >= 0.6 is 0 Å². The Bertz CT molecular complexity index is 841. The zero-order chi connectivity index (χ0) is 20.6. The van der Waals surface area contributed by atoms with Crippen molar-refractivity contribution in [2.24, 2.45) is 0 Å². The highest BCUT2D eigenvalue weighted by atomic mass is 16.5. The second kappa shape index (κ2) is 9.73. The standard InChI is InChI=1S/C22H24N2O5/c25-20(24-13-7-12-19(24)21(26)27)18(14-16-8-3-1-4-9-16)23-22(28)29-15-17-10-5-2-6-11-17/h1-6,8-11,18-19H,7,12-15H2,(H,23,28)(H,26,27). The molecule has 7 nitrogen and oxygen atoms in total. The lowest BCUT2D eigenvalue weighted by atomic mass is 10.0. The molecule has 0 radical (unpaired) electrons. The van der Waals surface area contributed by atoms with Gasteiger partial charge in [0.25, 0.3) is 0 Å². The number of benzene rings is 2. The van der Waals surface area contributed by atoms with Crippen LogP contribution in [0.5, 0.6) is 0 Å². The average Bonchev–Trinajstić information content (AvgIpc) is 3.23. The van der Waals surface area contributed by atoms with Gasteiger partial charge in [-0.3, -0.25) is 4.79 Å². The average molecular weight is 396 g/mol. The van der Waals surface area contributed by atoms with E-state index in [2.05, 4.69) is 5.32 Å². The van der Waals surface area contributed by atoms with E-state index in [4.69, 9.17) is 4.74 Å². The second-order valence-corrected chi connectivity index (χ2v) is 6.98. The Labute approximate surface area is 169 Å². The van der Waals surface area contributed by atoms with Crippen LogP contribution in [-0.4, -0.2) is 46.6 Å². The first-order valence-electron chi connectivity index (χ1n) is 9.59. The van der Waals surface area contributed by atoms with Gasteiger partial charge >= 0.3 is 12.1 Å². The maximum Gasteiger partial charge on any atom is 0.408 e. The Kier molecular flexibility index (Phi) is 6.84. The van der Waals surface area contributed by atoms with Crippen molar-refractivity contribution in [2.45, 2.75) is 38.0 Å². The number of likely N-dealkylation sites (tertiary alicyclic amines) is 1. The zero-order valence-electron chi connectivity index (χ0n) is 16.0. The van der Waals surface area contributed by atoms with Crippen LogP contribution in [0.15, 0.2) is 60.7 Å². The number of rotatable bonds is 7. The minimum Gasteiger partial charge on any atom is -0.480 e. The van der Waals surface area contributed by atoms with Gasteiger partial charge in [-0.05, 0) is 24.0 Å². The van der Waals surface area contributed by atoms with Crippen molar-refractivity contribution in [3.05, 3.63) is 71.8 Å². The van der Waals surface area contributed by atoms with Crippen LogP contribution < -0.4 is 5.32 Å². The topological polar surface area (TPSA) is 95.9 Å². The number of hydrogen-bond acceptors (Lipinski definition) is 4. The van der Waals surface area contributed by atoms with Gasteiger partial charge in [-0.2, -0.15) is 0 Å². The molecule has 1 heterocycles. The molecule has 2 atom stereocenters. The van der Waals surface area contributed by atoms with Gasteiger partial charge in [-0.15, -0.1) is 0 Å². The van der Waals surface area contributed by atoms with Crippen LogP contribution in [0.25, 0.3) is 0 Å². The molecule has 0 aliphatic carbocycles. The first-order chi connectivity index (χ1) is 14.0. The number of nitrogens with one attached hydrogen (secondary N) is 1. The molecule has 29 heavy (non-hydrogen) atoms. The van der Waals surface area contributed by atoms with Crippen molar-refractivity contribution < 1.29 is 24.2 Å². The summed E-state index contributed by atoms with van der Waals surface area (Å²) in [6, 6.07) is 16.7. The Hall–Kier alpha value is -3.35. The highest BCUT2D eigenvalue weighted by Gasteiger charge is 2.37. The summed E-state index contributed by atoms with van der Waals surface area (Å²) >= 11 is 0. The van der Waals surface area contributed by atoms with Gasteiger partial charge in [0.1, 0.15) is 18.7 Å². The first kappa shape index (κ1) is 20.4. The SMILES string of the molecule is O=C(NC(Cc1ccccc1)C(=O)N1CCCC1C(=O)O)OCc1ccccc1. The van der Waals surface area contributed by atoms with E-state index in [9.17, 15) is 19.5 Å². The van der Waals surface area contributed by atoms with Gasteiger partial charge in [0.15, 0.2) is 0 Å². The highest BCUT2D eigenvalue weighted by molar-refractivity contribution is 5.90. The molecule has 1 aliphatic heterocycles. The van der Waals surface area contributed by atoms with E-state index in [0.29, 0.717) is 19.4 Å². The monoisotopic (exact) mass is 396 g/mol. The Morgan fingerprint density at radius 1 is 1.03 bits per heavy atom. The summed E-state index contributed by atoms with van der Waals surface area (Å²) in [6.07, 6.45) is 0.578. The van der Waals surface area contributed by atoms with Crippen LogP contribution in [0.1, 0.15) is 24.0 Å². The predicted octanol–water partition coefficient (Wildman–Crippen LogP) is 2.60. The van der Waals surface area contributed by atoms with Gasteiger partial charge in [-0.25, -0.2) is 9.59 Å². The van der Waals surface area contributed by atoms with Crippen LogP contribution in [0.3, 0.4) is 0 Å². The van der Waals surface area contributed by atoms with Gasteiger partial charge in [0.2, 0.25) is 5.91 Å². The predicted molar refractivity (Wildman–Crippen MR) is 106 cm³/mol. The fraction of sp³-hybridized carbons (Fsp3) is 0.318. The molecule has 0 saturated carbocycles. The number of carboxylic acid groups (broad SMARTS) is 1. The molecule has 152 valence electrons. The van der Waals surface area contributed by atoms with Crippen molar-refractivity contribution in [1.29, 1.82) is 0 Å². The van der Waals surface area contributed by atoms with Crippen LogP contribution in [0.2, 0.25) is 0 Å². The van der Waals surface area contributed by atoms with E-state index in [1.807, 2.05) is 60.7 Å². The van der Waals surface area contributed by atoms with Crippen molar-refractivity contribution in [3.8, 4) is 0 Å². The van der Waals surface area contributed by atoms with Gasteiger partial charge in [0, 0.05) is 13.0 Å². The number of hydrogen-bond donors (Lipinski definition) is 2. The van der Waals surface area contributed by atoms with E-state index in [1.165, 1.54) is 4.90 Å². The lowest BCUT2D eigenvalue weighted by molar-refractivity contribution is -0.148. The largest absolute Gasteiger partial charge is 0.480 e. The fourth-order valence-electron chi connectivity index (χ4n) is 3.44. The van der Waals surface area contributed by atoms with Crippen molar-refractivity contribution >= 4 is 18.0 Å². The van der Waals surface area contributed by atoms with E-state index < -0.39 is 30.1 Å². The van der Waals surface area contributed by atoms with Crippen LogP contribution in [-0.2, 0) is 27.4 Å². The summed E-state index contributed by atoms with van der Waals surface area (Å²) in [4.78, 5) is 38.2. The Morgan fingerprint density at radius 2 is 1.66 bits per heavy atom. The number of carboxylic acids is 1. The molecule has 1 saturated heterocycles. The zero-order valence-corrected chi connectivity index (χ0v) is 16.0. The van der Waals surface area contributed by atoms with Gasteiger partial charge in [-0.1, -0.05) is 60.7 Å². The third kappa shape index (κ3) is 5.57. The molecule has 1 aliphatic rings. The third-order valence-corrected chi connectivity index (χ3v) is 4.91. The second-order valence-electron chi connectivity index (χ2n) is 6.98. The van der Waals surface area contributed by atoms with Crippen LogP contribution in [0, 0.1) is 0 Å². The molecule has 3 rings (SSSR count). The molecule has 2 N–H and O–H groups in total. The number of alkyl carbamates (subject to hydrolysis) is 1. The first-order valence-corrected chi connectivity index (χ1v) is 9.59. The van der Waals surface area contributed by atoms with Crippen LogP contribution in [0.4, 0.5) is 4.79 Å². The van der Waals surface area contributed by atoms with Gasteiger partial charge in [0.05, 0.1) is 0 Å². The smallest absolute Gasteiger partial charge is 0.408 e. The minimum absolute atomic E-state index is 0.0837. The molecular weight excluding hydrogens is 372 g/mol. The lowest BCUT2D eigenvalue weighted by Gasteiger charge is -2.27. The maximum atomic E-state index is 13.1. The molecular formula is C22H24N2O5. The summed E-state index contributed by atoms with van der Waals surface area (Å²) < 4.78 is 5.25. The highest BCUT2D eigenvalue weighted by Crippen LogP contribution is 2.19. The normalized spacial score (nSPS) is 16.8. The number of nitrogens with zero attached hydrogens (tertiary/aromatic N) is 1. The molecule has 1 fully saturated rings. The minimum atomic E-state index is -1.03. The molecule has 2 aromatic rings.